The molecule has 0 amide bonds. The molecular weight excluding hydrogens is 188 g/mol. The second-order valence-electron chi connectivity index (χ2n) is 2.68. The van der Waals surface area contributed by atoms with Crippen molar-refractivity contribution in [1.29, 1.82) is 0 Å². The van der Waals surface area contributed by atoms with Crippen molar-refractivity contribution in [3.8, 4) is 0 Å². The van der Waals surface area contributed by atoms with Crippen molar-refractivity contribution < 1.29 is 0 Å². The normalized spacial score (nSPS) is 9.67. The van der Waals surface area contributed by atoms with E-state index in [-0.39, 0.29) is 0 Å². The standard InChI is InChI=1S/C9H14N4.C2H6/c1-5-6-11-9-7(2)8(10-3)12-13(9)4;1-2/h5-6H,1H2,2-4H3,(H,10,12);1-2H3/b11-6-;. The zero-order chi connectivity index (χ0) is 11.8. The lowest BCUT2D eigenvalue weighted by atomic mass is 10.3. The van der Waals surface area contributed by atoms with Crippen LogP contribution in [-0.2, 0) is 7.05 Å². The Balaban J connectivity index is 0.000000921. The second kappa shape index (κ2) is 6.81. The van der Waals surface area contributed by atoms with Crippen molar-refractivity contribution in [2.24, 2.45) is 12.0 Å². The molecule has 1 heterocycles. The molecule has 0 fully saturated rings. The Hall–Kier alpha value is -1.58. The first kappa shape index (κ1) is 13.4. The van der Waals surface area contributed by atoms with Gasteiger partial charge in [-0.2, -0.15) is 5.10 Å². The summed E-state index contributed by atoms with van der Waals surface area (Å²) in [4.78, 5) is 4.21. The SMILES string of the molecule is C=C/C=N\c1c(C)c(NC)nn1C.CC. The number of hydrogen-bond acceptors (Lipinski definition) is 3. The maximum atomic E-state index is 4.24. The molecule has 1 rings (SSSR count). The number of nitrogens with one attached hydrogen (secondary N) is 1. The van der Waals surface area contributed by atoms with Gasteiger partial charge in [0, 0.05) is 25.9 Å². The van der Waals surface area contributed by atoms with Gasteiger partial charge < -0.3 is 5.32 Å². The van der Waals surface area contributed by atoms with Crippen LogP contribution >= 0.6 is 0 Å². The summed E-state index contributed by atoms with van der Waals surface area (Å²) in [5.41, 5.74) is 1.04. The van der Waals surface area contributed by atoms with Crippen LogP contribution in [0.25, 0.3) is 0 Å². The summed E-state index contributed by atoms with van der Waals surface area (Å²) >= 11 is 0. The van der Waals surface area contributed by atoms with E-state index < -0.39 is 0 Å². The molecule has 0 aliphatic rings. The third kappa shape index (κ3) is 3.23. The van der Waals surface area contributed by atoms with Crippen LogP contribution in [0.4, 0.5) is 11.6 Å². The van der Waals surface area contributed by atoms with E-state index in [1.807, 2.05) is 34.9 Å². The molecule has 15 heavy (non-hydrogen) atoms. The van der Waals surface area contributed by atoms with E-state index in [0.717, 1.165) is 17.2 Å². The molecule has 0 saturated heterocycles. The molecule has 0 bridgehead atoms. The number of anilines is 1. The summed E-state index contributed by atoms with van der Waals surface area (Å²) in [6.45, 7) is 9.55. The fourth-order valence-electron chi connectivity index (χ4n) is 1.16. The molecule has 0 atom stereocenters. The summed E-state index contributed by atoms with van der Waals surface area (Å²) in [5, 5.41) is 7.24. The molecule has 1 N–H and O–H groups in total. The Bertz CT molecular complexity index is 337. The summed E-state index contributed by atoms with van der Waals surface area (Å²) in [7, 11) is 3.71. The van der Waals surface area contributed by atoms with Crippen LogP contribution < -0.4 is 5.32 Å². The third-order valence-electron chi connectivity index (χ3n) is 1.79. The Morgan fingerprint density at radius 1 is 1.47 bits per heavy atom. The van der Waals surface area contributed by atoms with Crippen molar-refractivity contribution >= 4 is 17.9 Å². The molecule has 84 valence electrons. The van der Waals surface area contributed by atoms with Crippen molar-refractivity contribution in [2.45, 2.75) is 20.8 Å². The van der Waals surface area contributed by atoms with Gasteiger partial charge in [-0.15, -0.1) is 0 Å². The fraction of sp³-hybridized carbons (Fsp3) is 0.455. The number of rotatable bonds is 3. The quantitative estimate of drug-likeness (QED) is 0.776. The minimum absolute atomic E-state index is 0.851. The largest absolute Gasteiger partial charge is 0.371 e. The van der Waals surface area contributed by atoms with E-state index in [2.05, 4.69) is 22.0 Å². The molecule has 0 aliphatic heterocycles. The predicted molar refractivity (Wildman–Crippen MR) is 67.2 cm³/mol. The van der Waals surface area contributed by atoms with Crippen LogP contribution in [0, 0.1) is 6.92 Å². The maximum Gasteiger partial charge on any atom is 0.155 e. The lowest BCUT2D eigenvalue weighted by molar-refractivity contribution is 0.773. The van der Waals surface area contributed by atoms with Gasteiger partial charge in [0.2, 0.25) is 0 Å². The predicted octanol–water partition coefficient (Wildman–Crippen LogP) is 2.68. The van der Waals surface area contributed by atoms with E-state index >= 15 is 0 Å². The highest BCUT2D eigenvalue weighted by Crippen LogP contribution is 2.23. The van der Waals surface area contributed by atoms with Gasteiger partial charge in [0.15, 0.2) is 11.6 Å². The maximum absolute atomic E-state index is 4.24. The van der Waals surface area contributed by atoms with Gasteiger partial charge in [0.05, 0.1) is 0 Å². The molecule has 1 aromatic rings. The molecule has 0 aromatic carbocycles. The van der Waals surface area contributed by atoms with Gasteiger partial charge >= 0.3 is 0 Å². The van der Waals surface area contributed by atoms with Crippen LogP contribution in [0.1, 0.15) is 19.4 Å². The highest BCUT2D eigenvalue weighted by Gasteiger charge is 2.08. The van der Waals surface area contributed by atoms with E-state index in [0.29, 0.717) is 0 Å². The summed E-state index contributed by atoms with van der Waals surface area (Å²) < 4.78 is 1.74. The topological polar surface area (TPSA) is 42.2 Å². The molecular formula is C11H20N4. The van der Waals surface area contributed by atoms with Gasteiger partial charge in [-0.25, -0.2) is 9.67 Å². The monoisotopic (exact) mass is 208 g/mol. The van der Waals surface area contributed by atoms with Crippen LogP contribution in [0.3, 0.4) is 0 Å². The average Bonchev–Trinajstić information content (AvgIpc) is 2.54. The Kier molecular flexibility index (Phi) is 6.09. The lowest BCUT2D eigenvalue weighted by Crippen LogP contribution is -1.92. The van der Waals surface area contributed by atoms with Gasteiger partial charge in [-0.05, 0) is 6.92 Å². The highest BCUT2D eigenvalue weighted by molar-refractivity contribution is 5.74. The van der Waals surface area contributed by atoms with E-state index in [9.17, 15) is 0 Å². The third-order valence-corrected chi connectivity index (χ3v) is 1.79. The number of hydrogen-bond donors (Lipinski definition) is 1. The molecule has 4 heteroatoms. The molecule has 0 unspecified atom stereocenters. The fourth-order valence-corrected chi connectivity index (χ4v) is 1.16. The van der Waals surface area contributed by atoms with Gasteiger partial charge in [-0.3, -0.25) is 0 Å². The second-order valence-corrected chi connectivity index (χ2v) is 2.68. The highest BCUT2D eigenvalue weighted by atomic mass is 15.3. The lowest BCUT2D eigenvalue weighted by Gasteiger charge is -1.94. The number of aromatic nitrogens is 2. The Morgan fingerprint density at radius 2 is 2.07 bits per heavy atom. The minimum Gasteiger partial charge on any atom is -0.371 e. The van der Waals surface area contributed by atoms with Crippen LogP contribution in [-0.4, -0.2) is 23.0 Å². The van der Waals surface area contributed by atoms with Gasteiger partial charge in [0.1, 0.15) is 0 Å². The summed E-state index contributed by atoms with van der Waals surface area (Å²) in [6, 6.07) is 0. The van der Waals surface area contributed by atoms with E-state index in [4.69, 9.17) is 0 Å². The van der Waals surface area contributed by atoms with Gasteiger partial charge in [-0.1, -0.05) is 26.5 Å². The van der Waals surface area contributed by atoms with E-state index in [1.165, 1.54) is 0 Å². The smallest absolute Gasteiger partial charge is 0.155 e. The number of aryl methyl sites for hydroxylation is 1. The van der Waals surface area contributed by atoms with Crippen molar-refractivity contribution in [3.05, 3.63) is 18.2 Å². The molecule has 0 radical (unpaired) electrons. The first-order valence-corrected chi connectivity index (χ1v) is 5.07. The minimum atomic E-state index is 0.851. The molecule has 1 aromatic heterocycles. The first-order chi connectivity index (χ1) is 7.20. The number of nitrogens with zero attached hydrogens (tertiary/aromatic N) is 3. The Labute approximate surface area is 91.7 Å². The summed E-state index contributed by atoms with van der Waals surface area (Å²) in [5.74, 6) is 1.71. The molecule has 4 nitrogen and oxygen atoms in total. The van der Waals surface area contributed by atoms with Crippen molar-refractivity contribution in [1.82, 2.24) is 9.78 Å². The number of allylic oxidation sites excluding steroid dienone is 1. The molecule has 0 spiro atoms. The Morgan fingerprint density at radius 3 is 2.47 bits per heavy atom. The molecule has 0 saturated carbocycles. The van der Waals surface area contributed by atoms with Crippen molar-refractivity contribution in [2.75, 3.05) is 12.4 Å². The van der Waals surface area contributed by atoms with Crippen molar-refractivity contribution in [3.63, 3.8) is 0 Å². The van der Waals surface area contributed by atoms with Crippen LogP contribution in [0.5, 0.6) is 0 Å². The van der Waals surface area contributed by atoms with Crippen LogP contribution in [0.2, 0.25) is 0 Å². The van der Waals surface area contributed by atoms with E-state index in [1.54, 1.807) is 17.0 Å². The number of aliphatic imine (C=N–C) groups is 1. The van der Waals surface area contributed by atoms with Crippen LogP contribution in [0.15, 0.2) is 17.6 Å². The average molecular weight is 208 g/mol. The zero-order valence-corrected chi connectivity index (χ0v) is 10.2. The summed E-state index contributed by atoms with van der Waals surface area (Å²) in [6.07, 6.45) is 3.30. The first-order valence-electron chi connectivity index (χ1n) is 5.07. The zero-order valence-electron chi connectivity index (χ0n) is 10.2. The molecule has 0 aliphatic carbocycles. The van der Waals surface area contributed by atoms with Gasteiger partial charge in [0.25, 0.3) is 0 Å².